The molecule has 2 N–H and O–H groups in total. The van der Waals surface area contributed by atoms with E-state index in [9.17, 15) is 0 Å². The van der Waals surface area contributed by atoms with Crippen molar-refractivity contribution in [2.45, 2.75) is 31.3 Å². The quantitative estimate of drug-likeness (QED) is 0.701. The van der Waals surface area contributed by atoms with Crippen LogP contribution >= 0.6 is 23.4 Å². The van der Waals surface area contributed by atoms with Crippen molar-refractivity contribution in [3.05, 3.63) is 58.6 Å². The maximum absolute atomic E-state index is 6.15. The molecule has 6 heteroatoms. The van der Waals surface area contributed by atoms with E-state index in [4.69, 9.17) is 21.3 Å². The Morgan fingerprint density at radius 2 is 2.00 bits per heavy atom. The van der Waals surface area contributed by atoms with Gasteiger partial charge in [0.15, 0.2) is 0 Å². The molecule has 0 aromatic heterocycles. The second kappa shape index (κ2) is 8.76. The van der Waals surface area contributed by atoms with Crippen LogP contribution in [0.25, 0.3) is 0 Å². The molecule has 4 rings (SSSR count). The molecule has 2 aromatic carbocycles. The number of amidine groups is 1. The lowest BCUT2D eigenvalue weighted by Gasteiger charge is -2.44. The molecule has 0 bridgehead atoms. The van der Waals surface area contributed by atoms with Gasteiger partial charge in [-0.3, -0.25) is 4.99 Å². The number of hydrogen-bond acceptors (Lipinski definition) is 4. The molecule has 2 aliphatic heterocycles. The standard InChI is InChI=1S/C22H26ClN3OS/c1-27-11-8-17-5-3-7-19-20(17)26-22(9-12-28-13-10-22)21(25-19)24-15-16-4-2-6-18(23)14-16/h2-7,14,26H,8-13,15H2,1H3,(H,24,25). The zero-order valence-electron chi connectivity index (χ0n) is 16.1. The molecule has 0 radical (unpaired) electrons. The number of anilines is 2. The molecule has 2 aromatic rings. The summed E-state index contributed by atoms with van der Waals surface area (Å²) in [4.78, 5) is 5.01. The molecular weight excluding hydrogens is 390 g/mol. The second-order valence-corrected chi connectivity index (χ2v) is 8.98. The number of ether oxygens (including phenoxy) is 1. The number of nitrogens with zero attached hydrogens (tertiary/aromatic N) is 1. The van der Waals surface area contributed by atoms with Gasteiger partial charge >= 0.3 is 0 Å². The highest BCUT2D eigenvalue weighted by Gasteiger charge is 2.41. The lowest BCUT2D eigenvalue weighted by atomic mass is 9.86. The first-order chi connectivity index (χ1) is 13.7. The molecule has 0 amide bonds. The monoisotopic (exact) mass is 415 g/mol. The summed E-state index contributed by atoms with van der Waals surface area (Å²) in [5.74, 6) is 3.32. The van der Waals surface area contributed by atoms with Gasteiger partial charge < -0.3 is 15.4 Å². The average Bonchev–Trinajstić information content (AvgIpc) is 2.71. The smallest absolute Gasteiger partial charge is 0.127 e. The topological polar surface area (TPSA) is 45.6 Å². The number of thioether (sulfide) groups is 1. The lowest BCUT2D eigenvalue weighted by Crippen LogP contribution is -2.55. The number of halogens is 1. The zero-order chi connectivity index (χ0) is 19.4. The van der Waals surface area contributed by atoms with Crippen molar-refractivity contribution in [2.24, 2.45) is 4.99 Å². The molecule has 1 saturated heterocycles. The fraction of sp³-hybridized carbons (Fsp3) is 0.409. The Bertz CT molecular complexity index is 865. The molecule has 1 fully saturated rings. The van der Waals surface area contributed by atoms with Gasteiger partial charge in [0, 0.05) is 12.1 Å². The highest BCUT2D eigenvalue weighted by molar-refractivity contribution is 7.99. The Morgan fingerprint density at radius 1 is 1.18 bits per heavy atom. The molecule has 2 aliphatic rings. The van der Waals surface area contributed by atoms with Crippen molar-refractivity contribution in [2.75, 3.05) is 35.9 Å². The Hall–Kier alpha value is -1.69. The van der Waals surface area contributed by atoms with Gasteiger partial charge in [-0.1, -0.05) is 35.9 Å². The molecule has 1 spiro atoms. The van der Waals surface area contributed by atoms with Gasteiger partial charge in [-0.05, 0) is 60.1 Å². The van der Waals surface area contributed by atoms with Gasteiger partial charge in [-0.2, -0.15) is 11.8 Å². The van der Waals surface area contributed by atoms with Gasteiger partial charge in [-0.25, -0.2) is 0 Å². The molecule has 2 heterocycles. The number of rotatable bonds is 5. The summed E-state index contributed by atoms with van der Waals surface area (Å²) in [7, 11) is 1.75. The van der Waals surface area contributed by atoms with Crippen LogP contribution in [-0.2, 0) is 17.7 Å². The van der Waals surface area contributed by atoms with Crippen LogP contribution in [0.5, 0.6) is 0 Å². The number of benzene rings is 2. The fourth-order valence-corrected chi connectivity index (χ4v) is 5.30. The van der Waals surface area contributed by atoms with Crippen molar-refractivity contribution in [3.63, 3.8) is 0 Å². The fourth-order valence-electron chi connectivity index (χ4n) is 3.90. The van der Waals surface area contributed by atoms with Crippen molar-refractivity contribution in [1.82, 2.24) is 0 Å². The summed E-state index contributed by atoms with van der Waals surface area (Å²) in [5.41, 5.74) is 4.59. The van der Waals surface area contributed by atoms with E-state index in [1.54, 1.807) is 7.11 Å². The van der Waals surface area contributed by atoms with Crippen LogP contribution < -0.4 is 10.6 Å². The van der Waals surface area contributed by atoms with E-state index in [2.05, 4.69) is 34.9 Å². The van der Waals surface area contributed by atoms with Gasteiger partial charge in [0.2, 0.25) is 0 Å². The molecule has 0 saturated carbocycles. The first-order valence-electron chi connectivity index (χ1n) is 9.73. The first-order valence-corrected chi connectivity index (χ1v) is 11.3. The van der Waals surface area contributed by atoms with Gasteiger partial charge in [0.25, 0.3) is 0 Å². The number of hydrogen-bond donors (Lipinski definition) is 2. The normalized spacial score (nSPS) is 19.1. The van der Waals surface area contributed by atoms with E-state index in [1.807, 2.05) is 30.0 Å². The van der Waals surface area contributed by atoms with Crippen LogP contribution in [0.1, 0.15) is 24.0 Å². The minimum atomic E-state index is -0.125. The number of fused-ring (bicyclic) bond motifs is 1. The van der Waals surface area contributed by atoms with Crippen molar-refractivity contribution in [1.29, 1.82) is 0 Å². The number of nitrogens with one attached hydrogen (secondary N) is 2. The molecule has 4 nitrogen and oxygen atoms in total. The highest BCUT2D eigenvalue weighted by atomic mass is 35.5. The largest absolute Gasteiger partial charge is 0.384 e. The van der Waals surface area contributed by atoms with E-state index in [1.165, 1.54) is 11.3 Å². The maximum atomic E-state index is 6.15. The highest BCUT2D eigenvalue weighted by Crippen LogP contribution is 2.40. The van der Waals surface area contributed by atoms with E-state index in [0.29, 0.717) is 6.54 Å². The lowest BCUT2D eigenvalue weighted by molar-refractivity contribution is 0.202. The molecule has 148 valence electrons. The van der Waals surface area contributed by atoms with Gasteiger partial charge in [0.1, 0.15) is 5.84 Å². The van der Waals surface area contributed by atoms with E-state index < -0.39 is 0 Å². The van der Waals surface area contributed by atoms with Crippen LogP contribution in [0.2, 0.25) is 5.02 Å². The zero-order valence-corrected chi connectivity index (χ0v) is 17.7. The summed E-state index contributed by atoms with van der Waals surface area (Å²) in [6.07, 6.45) is 3.03. The third-order valence-corrected chi connectivity index (χ3v) is 6.67. The Labute approximate surface area is 176 Å². The summed E-state index contributed by atoms with van der Waals surface area (Å²) in [5, 5.41) is 8.32. The minimum Gasteiger partial charge on any atom is -0.384 e. The van der Waals surface area contributed by atoms with Crippen LogP contribution in [0.3, 0.4) is 0 Å². The predicted octanol–water partition coefficient (Wildman–Crippen LogP) is 5.23. The molecule has 0 unspecified atom stereocenters. The summed E-state index contributed by atoms with van der Waals surface area (Å²) in [6.45, 7) is 1.34. The van der Waals surface area contributed by atoms with Crippen molar-refractivity contribution >= 4 is 40.6 Å². The van der Waals surface area contributed by atoms with Crippen molar-refractivity contribution in [3.8, 4) is 0 Å². The second-order valence-electron chi connectivity index (χ2n) is 7.32. The van der Waals surface area contributed by atoms with Gasteiger partial charge in [0.05, 0.1) is 30.1 Å². The Kier molecular flexibility index (Phi) is 6.14. The Morgan fingerprint density at radius 3 is 2.79 bits per heavy atom. The van der Waals surface area contributed by atoms with Crippen LogP contribution in [0.15, 0.2) is 47.5 Å². The minimum absolute atomic E-state index is 0.125. The molecule has 0 atom stereocenters. The van der Waals surface area contributed by atoms with Crippen LogP contribution in [0, 0.1) is 0 Å². The SMILES string of the molecule is COCCc1cccc2c1NC1(CCSCC1)C(=NCc1cccc(Cl)c1)N2. The maximum Gasteiger partial charge on any atom is 0.127 e. The van der Waals surface area contributed by atoms with Gasteiger partial charge in [-0.15, -0.1) is 0 Å². The third-order valence-electron chi connectivity index (χ3n) is 5.45. The molecule has 28 heavy (non-hydrogen) atoms. The number of para-hydroxylation sites is 1. The van der Waals surface area contributed by atoms with E-state index in [0.717, 1.165) is 59.5 Å². The third kappa shape index (κ3) is 4.17. The summed E-state index contributed by atoms with van der Waals surface area (Å²) in [6, 6.07) is 14.4. The van der Waals surface area contributed by atoms with E-state index in [-0.39, 0.29) is 5.54 Å². The number of methoxy groups -OCH3 is 1. The molecule has 0 aliphatic carbocycles. The summed E-state index contributed by atoms with van der Waals surface area (Å²) < 4.78 is 5.31. The average molecular weight is 416 g/mol. The van der Waals surface area contributed by atoms with Crippen molar-refractivity contribution < 1.29 is 4.74 Å². The van der Waals surface area contributed by atoms with Crippen LogP contribution in [0.4, 0.5) is 11.4 Å². The predicted molar refractivity (Wildman–Crippen MR) is 121 cm³/mol. The van der Waals surface area contributed by atoms with Crippen LogP contribution in [-0.4, -0.2) is 36.6 Å². The summed E-state index contributed by atoms with van der Waals surface area (Å²) >= 11 is 8.17. The van der Waals surface area contributed by atoms with E-state index >= 15 is 0 Å². The molecular formula is C22H26ClN3OS. The Balaban J connectivity index is 1.67. The number of aliphatic imine (C=N–C) groups is 1. The first kappa shape index (κ1) is 19.6.